The number of carbonyl (C=O) groups excluding carboxylic acids is 1. The van der Waals surface area contributed by atoms with Crippen LogP contribution in [0.25, 0.3) is 5.57 Å². The second-order valence-electron chi connectivity index (χ2n) is 7.34. The SMILES string of the molecule is C=C/C=C(\C=C(/CCC)OCC)c1ncc(C(C)NC(=O)c2cc(C(C)(F)F)nn2C)s1. The highest BCUT2D eigenvalue weighted by atomic mass is 32.1. The highest BCUT2D eigenvalue weighted by Crippen LogP contribution is 2.29. The maximum absolute atomic E-state index is 13.5. The number of nitrogens with one attached hydrogen (secondary N) is 1. The maximum Gasteiger partial charge on any atom is 0.288 e. The predicted octanol–water partition coefficient (Wildman–Crippen LogP) is 5.77. The van der Waals surface area contributed by atoms with Crippen LogP contribution in [0.4, 0.5) is 8.78 Å². The minimum Gasteiger partial charge on any atom is -0.498 e. The summed E-state index contributed by atoms with van der Waals surface area (Å²) in [5.41, 5.74) is 0.489. The number of hydrogen-bond donors (Lipinski definition) is 1. The van der Waals surface area contributed by atoms with Gasteiger partial charge in [-0.05, 0) is 32.4 Å². The van der Waals surface area contributed by atoms with Crippen molar-refractivity contribution in [2.24, 2.45) is 7.05 Å². The van der Waals surface area contributed by atoms with E-state index in [-0.39, 0.29) is 11.7 Å². The molecule has 32 heavy (non-hydrogen) atoms. The van der Waals surface area contributed by atoms with Crippen molar-refractivity contribution in [3.8, 4) is 0 Å². The fourth-order valence-electron chi connectivity index (χ4n) is 2.96. The fraction of sp³-hybridized carbons (Fsp3) is 0.435. The number of nitrogens with zero attached hydrogens (tertiary/aromatic N) is 3. The fourth-order valence-corrected chi connectivity index (χ4v) is 3.87. The van der Waals surface area contributed by atoms with Gasteiger partial charge in [0, 0.05) is 37.0 Å². The summed E-state index contributed by atoms with van der Waals surface area (Å²) in [5.74, 6) is -2.73. The molecule has 0 aliphatic heterocycles. The largest absolute Gasteiger partial charge is 0.498 e. The van der Waals surface area contributed by atoms with E-state index in [1.165, 1.54) is 18.4 Å². The Bertz CT molecular complexity index is 994. The Kier molecular flexibility index (Phi) is 8.89. The average molecular weight is 465 g/mol. The zero-order valence-corrected chi connectivity index (χ0v) is 19.9. The molecule has 1 atom stereocenters. The molecule has 0 saturated heterocycles. The van der Waals surface area contributed by atoms with Gasteiger partial charge in [-0.2, -0.15) is 13.9 Å². The third-order valence-corrected chi connectivity index (χ3v) is 5.78. The molecule has 6 nitrogen and oxygen atoms in total. The number of amides is 1. The van der Waals surface area contributed by atoms with Crippen molar-refractivity contribution in [2.45, 2.75) is 52.5 Å². The van der Waals surface area contributed by atoms with E-state index in [1.807, 2.05) is 26.0 Å². The molecule has 0 aromatic carbocycles. The number of thiazole rings is 1. The van der Waals surface area contributed by atoms with Crippen molar-refractivity contribution < 1.29 is 18.3 Å². The topological polar surface area (TPSA) is 69.0 Å². The Labute approximate surface area is 191 Å². The van der Waals surface area contributed by atoms with Gasteiger partial charge in [0.25, 0.3) is 11.8 Å². The monoisotopic (exact) mass is 464 g/mol. The van der Waals surface area contributed by atoms with Gasteiger partial charge in [0.1, 0.15) is 16.4 Å². The van der Waals surface area contributed by atoms with Crippen molar-refractivity contribution in [1.29, 1.82) is 0 Å². The lowest BCUT2D eigenvalue weighted by atomic mass is 10.2. The minimum absolute atomic E-state index is 0.0641. The summed E-state index contributed by atoms with van der Waals surface area (Å²) in [6.45, 7) is 11.0. The van der Waals surface area contributed by atoms with Gasteiger partial charge in [0.05, 0.1) is 18.4 Å². The molecule has 1 N–H and O–H groups in total. The summed E-state index contributed by atoms with van der Waals surface area (Å²) < 4.78 is 33.9. The first-order chi connectivity index (χ1) is 15.1. The van der Waals surface area contributed by atoms with Gasteiger partial charge in [0.2, 0.25) is 0 Å². The third-order valence-electron chi connectivity index (χ3n) is 4.55. The van der Waals surface area contributed by atoms with E-state index >= 15 is 0 Å². The quantitative estimate of drug-likeness (QED) is 0.339. The van der Waals surface area contributed by atoms with Gasteiger partial charge in [0.15, 0.2) is 0 Å². The number of alkyl halides is 2. The number of allylic oxidation sites excluding steroid dienone is 5. The molecular formula is C23H30F2N4O2S. The van der Waals surface area contributed by atoms with E-state index in [0.29, 0.717) is 6.61 Å². The molecule has 174 valence electrons. The zero-order chi connectivity index (χ0) is 23.9. The van der Waals surface area contributed by atoms with Crippen LogP contribution in [0, 0.1) is 0 Å². The Morgan fingerprint density at radius 2 is 2.16 bits per heavy atom. The Hall–Kier alpha value is -2.81. The standard InChI is InChI=1S/C23H30F2N4O2S/c1-7-10-16(12-17(11-8-2)31-9-3)22-26-14-19(32-22)15(4)27-21(30)18-13-20(23(5,24)25)28-29(18)6/h7,10,12-15H,1,8-9,11H2,2-6H3,(H,27,30)/b16-10+,17-12+. The second kappa shape index (κ2) is 11.2. The van der Waals surface area contributed by atoms with Gasteiger partial charge >= 0.3 is 0 Å². The van der Waals surface area contributed by atoms with Crippen LogP contribution in [-0.4, -0.2) is 27.3 Å². The molecular weight excluding hydrogens is 434 g/mol. The van der Waals surface area contributed by atoms with Crippen molar-refractivity contribution in [3.63, 3.8) is 0 Å². The summed E-state index contributed by atoms with van der Waals surface area (Å²) in [6, 6.07) is 0.740. The number of aromatic nitrogens is 3. The molecule has 0 saturated carbocycles. The van der Waals surface area contributed by atoms with Gasteiger partial charge in [-0.1, -0.05) is 25.7 Å². The molecule has 0 aliphatic carbocycles. The van der Waals surface area contributed by atoms with Gasteiger partial charge < -0.3 is 10.1 Å². The van der Waals surface area contributed by atoms with Crippen molar-refractivity contribution >= 4 is 22.8 Å². The molecule has 0 spiro atoms. The van der Waals surface area contributed by atoms with Crippen LogP contribution in [0.3, 0.4) is 0 Å². The summed E-state index contributed by atoms with van der Waals surface area (Å²) in [4.78, 5) is 18.0. The van der Waals surface area contributed by atoms with E-state index in [4.69, 9.17) is 4.74 Å². The summed E-state index contributed by atoms with van der Waals surface area (Å²) >= 11 is 1.43. The van der Waals surface area contributed by atoms with Gasteiger partial charge in [-0.15, -0.1) is 11.3 Å². The highest BCUT2D eigenvalue weighted by molar-refractivity contribution is 7.12. The Balaban J connectivity index is 2.21. The average Bonchev–Trinajstić information content (AvgIpc) is 3.35. The van der Waals surface area contributed by atoms with Crippen LogP contribution in [-0.2, 0) is 17.7 Å². The summed E-state index contributed by atoms with van der Waals surface area (Å²) in [5, 5.41) is 7.35. The highest BCUT2D eigenvalue weighted by Gasteiger charge is 2.30. The molecule has 1 amide bonds. The van der Waals surface area contributed by atoms with E-state index in [9.17, 15) is 13.6 Å². The third kappa shape index (κ3) is 6.59. The first-order valence-corrected chi connectivity index (χ1v) is 11.3. The van der Waals surface area contributed by atoms with E-state index in [2.05, 4.69) is 28.9 Å². The predicted molar refractivity (Wildman–Crippen MR) is 124 cm³/mol. The molecule has 2 rings (SSSR count). The molecule has 9 heteroatoms. The van der Waals surface area contributed by atoms with Crippen molar-refractivity contribution in [1.82, 2.24) is 20.1 Å². The van der Waals surface area contributed by atoms with Gasteiger partial charge in [-0.25, -0.2) is 4.98 Å². The van der Waals surface area contributed by atoms with Crippen LogP contribution >= 0.6 is 11.3 Å². The van der Waals surface area contributed by atoms with E-state index < -0.39 is 17.5 Å². The van der Waals surface area contributed by atoms with Crippen LogP contribution in [0.15, 0.2) is 42.8 Å². The first-order valence-electron chi connectivity index (χ1n) is 10.5. The summed E-state index contributed by atoms with van der Waals surface area (Å²) in [6.07, 6.45) is 8.99. The zero-order valence-electron chi connectivity index (χ0n) is 19.1. The maximum atomic E-state index is 13.5. The molecule has 0 fully saturated rings. The number of halogens is 2. The molecule has 2 heterocycles. The van der Waals surface area contributed by atoms with Crippen molar-refractivity contribution in [3.05, 3.63) is 64.1 Å². The lowest BCUT2D eigenvalue weighted by molar-refractivity contribution is 0.0122. The second-order valence-corrected chi connectivity index (χ2v) is 8.40. The normalized spacial score (nSPS) is 13.7. The van der Waals surface area contributed by atoms with Gasteiger partial charge in [-0.3, -0.25) is 9.48 Å². The summed E-state index contributed by atoms with van der Waals surface area (Å²) in [7, 11) is 1.46. The van der Waals surface area contributed by atoms with Crippen LogP contribution in [0.2, 0.25) is 0 Å². The molecule has 0 aliphatic rings. The first kappa shape index (κ1) is 25.5. The smallest absolute Gasteiger partial charge is 0.288 e. The number of rotatable bonds is 11. The molecule has 0 radical (unpaired) electrons. The molecule has 2 aromatic heterocycles. The van der Waals surface area contributed by atoms with E-state index in [1.54, 1.807) is 12.3 Å². The number of aryl methyl sites for hydroxylation is 1. The molecule has 0 bridgehead atoms. The lowest BCUT2D eigenvalue weighted by Crippen LogP contribution is -2.27. The number of hydrogen-bond acceptors (Lipinski definition) is 5. The van der Waals surface area contributed by atoms with Crippen molar-refractivity contribution in [2.75, 3.05) is 6.61 Å². The van der Waals surface area contributed by atoms with E-state index in [0.717, 1.165) is 51.7 Å². The van der Waals surface area contributed by atoms with Crippen LogP contribution in [0.5, 0.6) is 0 Å². The Morgan fingerprint density at radius 3 is 2.72 bits per heavy atom. The number of ether oxygens (including phenoxy) is 1. The lowest BCUT2D eigenvalue weighted by Gasteiger charge is -2.11. The van der Waals surface area contributed by atoms with Crippen LogP contribution in [0.1, 0.15) is 72.6 Å². The number of carbonyl (C=O) groups is 1. The Morgan fingerprint density at radius 1 is 1.44 bits per heavy atom. The minimum atomic E-state index is -3.12. The van der Waals surface area contributed by atoms with Crippen LogP contribution < -0.4 is 5.32 Å². The molecule has 1 unspecified atom stereocenters. The molecule has 2 aromatic rings.